The molecule has 0 aromatic carbocycles. The Bertz CT molecular complexity index is 324. The summed E-state index contributed by atoms with van der Waals surface area (Å²) in [5.41, 5.74) is 0.823. The SMILES string of the molecule is C=C(C)CNS(=O)(=O)N1CCCC(C)C1. The molecule has 1 heterocycles. The lowest BCUT2D eigenvalue weighted by Crippen LogP contribution is -2.45. The van der Waals surface area contributed by atoms with Crippen molar-refractivity contribution in [1.29, 1.82) is 0 Å². The molecule has 1 aliphatic heterocycles. The second-order valence-electron chi connectivity index (χ2n) is 4.39. The van der Waals surface area contributed by atoms with Crippen LogP contribution >= 0.6 is 0 Å². The predicted molar refractivity (Wildman–Crippen MR) is 61.7 cm³/mol. The van der Waals surface area contributed by atoms with Crippen molar-refractivity contribution >= 4 is 10.2 Å². The lowest BCUT2D eigenvalue weighted by atomic mass is 10.0. The van der Waals surface area contributed by atoms with Gasteiger partial charge in [0.25, 0.3) is 10.2 Å². The first-order chi connectivity index (χ1) is 6.92. The minimum atomic E-state index is -3.29. The second-order valence-corrected chi connectivity index (χ2v) is 6.14. The molecule has 15 heavy (non-hydrogen) atoms. The molecule has 1 atom stereocenters. The molecule has 1 saturated heterocycles. The highest BCUT2D eigenvalue weighted by Crippen LogP contribution is 2.17. The van der Waals surface area contributed by atoms with E-state index >= 15 is 0 Å². The maximum absolute atomic E-state index is 11.8. The lowest BCUT2D eigenvalue weighted by Gasteiger charge is -2.29. The maximum atomic E-state index is 11.8. The van der Waals surface area contributed by atoms with E-state index in [0.29, 0.717) is 25.6 Å². The molecule has 1 fully saturated rings. The summed E-state index contributed by atoms with van der Waals surface area (Å²) in [6.07, 6.45) is 2.07. The molecule has 1 unspecified atom stereocenters. The predicted octanol–water partition coefficient (Wildman–Crippen LogP) is 1.13. The van der Waals surface area contributed by atoms with Crippen molar-refractivity contribution in [2.24, 2.45) is 5.92 Å². The summed E-state index contributed by atoms with van der Waals surface area (Å²) in [5, 5.41) is 0. The van der Waals surface area contributed by atoms with Gasteiger partial charge in [-0.25, -0.2) is 0 Å². The van der Waals surface area contributed by atoms with Gasteiger partial charge in [-0.15, -0.1) is 0 Å². The van der Waals surface area contributed by atoms with Gasteiger partial charge in [0.15, 0.2) is 0 Å². The van der Waals surface area contributed by atoms with E-state index < -0.39 is 10.2 Å². The van der Waals surface area contributed by atoms with Crippen LogP contribution in [0.2, 0.25) is 0 Å². The van der Waals surface area contributed by atoms with Gasteiger partial charge in [0.05, 0.1) is 0 Å². The average molecular weight is 232 g/mol. The third-order valence-electron chi connectivity index (χ3n) is 2.52. The quantitative estimate of drug-likeness (QED) is 0.739. The minimum Gasteiger partial charge on any atom is -0.198 e. The Morgan fingerprint density at radius 3 is 2.80 bits per heavy atom. The summed E-state index contributed by atoms with van der Waals surface area (Å²) in [6.45, 7) is 9.16. The molecule has 4 nitrogen and oxygen atoms in total. The molecule has 0 aromatic heterocycles. The first-order valence-electron chi connectivity index (χ1n) is 5.31. The van der Waals surface area contributed by atoms with Gasteiger partial charge in [-0.2, -0.15) is 17.4 Å². The van der Waals surface area contributed by atoms with Crippen molar-refractivity contribution in [2.75, 3.05) is 19.6 Å². The van der Waals surface area contributed by atoms with Gasteiger partial charge < -0.3 is 0 Å². The Hall–Kier alpha value is -0.390. The highest BCUT2D eigenvalue weighted by atomic mass is 32.2. The van der Waals surface area contributed by atoms with Crippen molar-refractivity contribution in [3.63, 3.8) is 0 Å². The van der Waals surface area contributed by atoms with Crippen molar-refractivity contribution in [3.8, 4) is 0 Å². The van der Waals surface area contributed by atoms with Crippen LogP contribution in [0.1, 0.15) is 26.7 Å². The largest absolute Gasteiger partial charge is 0.279 e. The fourth-order valence-electron chi connectivity index (χ4n) is 1.67. The summed E-state index contributed by atoms with van der Waals surface area (Å²) < 4.78 is 27.7. The summed E-state index contributed by atoms with van der Waals surface area (Å²) in [4.78, 5) is 0. The first-order valence-corrected chi connectivity index (χ1v) is 6.75. The molecule has 0 aliphatic carbocycles. The Kier molecular flexibility index (Phi) is 4.31. The number of hydrogen-bond acceptors (Lipinski definition) is 2. The van der Waals surface area contributed by atoms with Gasteiger partial charge in [0.2, 0.25) is 0 Å². The van der Waals surface area contributed by atoms with Crippen LogP contribution in [0, 0.1) is 5.92 Å². The molecular weight excluding hydrogens is 212 g/mol. The van der Waals surface area contributed by atoms with Crippen molar-refractivity contribution in [3.05, 3.63) is 12.2 Å². The normalized spacial score (nSPS) is 24.0. The number of hydrogen-bond donors (Lipinski definition) is 1. The Balaban J connectivity index is 2.56. The fraction of sp³-hybridized carbons (Fsp3) is 0.800. The van der Waals surface area contributed by atoms with Gasteiger partial charge in [-0.1, -0.05) is 19.1 Å². The third-order valence-corrected chi connectivity index (χ3v) is 4.04. The molecule has 0 saturated carbocycles. The van der Waals surface area contributed by atoms with Crippen LogP contribution in [0.5, 0.6) is 0 Å². The fourth-order valence-corrected chi connectivity index (χ4v) is 3.10. The van der Waals surface area contributed by atoms with Crippen molar-refractivity contribution in [1.82, 2.24) is 9.03 Å². The zero-order chi connectivity index (χ0) is 11.5. The van der Waals surface area contributed by atoms with E-state index in [9.17, 15) is 8.42 Å². The van der Waals surface area contributed by atoms with Crippen LogP contribution in [0.4, 0.5) is 0 Å². The van der Waals surface area contributed by atoms with E-state index in [1.807, 2.05) is 0 Å². The number of nitrogens with zero attached hydrogens (tertiary/aromatic N) is 1. The monoisotopic (exact) mass is 232 g/mol. The second kappa shape index (κ2) is 5.09. The van der Waals surface area contributed by atoms with Gasteiger partial charge >= 0.3 is 0 Å². The summed E-state index contributed by atoms with van der Waals surface area (Å²) in [7, 11) is -3.29. The molecule has 1 rings (SSSR count). The molecule has 0 radical (unpaired) electrons. The highest BCUT2D eigenvalue weighted by molar-refractivity contribution is 7.87. The maximum Gasteiger partial charge on any atom is 0.279 e. The smallest absolute Gasteiger partial charge is 0.198 e. The zero-order valence-corrected chi connectivity index (χ0v) is 10.3. The Morgan fingerprint density at radius 2 is 2.27 bits per heavy atom. The standard InChI is InChI=1S/C10H20N2O2S/c1-9(2)7-11-15(13,14)12-6-4-5-10(3)8-12/h10-11H,1,4-8H2,2-3H3. The highest BCUT2D eigenvalue weighted by Gasteiger charge is 2.26. The van der Waals surface area contributed by atoms with Crippen LogP contribution < -0.4 is 4.72 Å². The van der Waals surface area contributed by atoms with E-state index in [-0.39, 0.29) is 0 Å². The number of piperidine rings is 1. The van der Waals surface area contributed by atoms with Crippen LogP contribution in [-0.4, -0.2) is 32.4 Å². The van der Waals surface area contributed by atoms with E-state index in [0.717, 1.165) is 18.4 Å². The Labute approximate surface area is 92.5 Å². The van der Waals surface area contributed by atoms with E-state index in [1.54, 1.807) is 6.92 Å². The average Bonchev–Trinajstić information content (AvgIpc) is 2.15. The zero-order valence-electron chi connectivity index (χ0n) is 9.49. The molecule has 5 heteroatoms. The molecule has 0 spiro atoms. The van der Waals surface area contributed by atoms with Crippen molar-refractivity contribution < 1.29 is 8.42 Å². The molecule has 88 valence electrons. The van der Waals surface area contributed by atoms with E-state index in [2.05, 4.69) is 18.2 Å². The van der Waals surface area contributed by atoms with Crippen LogP contribution in [0.25, 0.3) is 0 Å². The molecule has 1 N–H and O–H groups in total. The van der Waals surface area contributed by atoms with Crippen LogP contribution in [0.3, 0.4) is 0 Å². The van der Waals surface area contributed by atoms with Gasteiger partial charge in [-0.05, 0) is 25.7 Å². The molecular formula is C10H20N2O2S. The minimum absolute atomic E-state index is 0.327. The summed E-state index contributed by atoms with van der Waals surface area (Å²) >= 11 is 0. The molecule has 0 amide bonds. The van der Waals surface area contributed by atoms with Gasteiger partial charge in [0.1, 0.15) is 0 Å². The number of nitrogens with one attached hydrogen (secondary N) is 1. The van der Waals surface area contributed by atoms with Gasteiger partial charge in [-0.3, -0.25) is 0 Å². The van der Waals surface area contributed by atoms with Gasteiger partial charge in [0, 0.05) is 19.6 Å². The van der Waals surface area contributed by atoms with E-state index in [4.69, 9.17) is 0 Å². The lowest BCUT2D eigenvalue weighted by molar-refractivity contribution is 0.278. The molecule has 0 aromatic rings. The van der Waals surface area contributed by atoms with E-state index in [1.165, 1.54) is 4.31 Å². The van der Waals surface area contributed by atoms with Crippen LogP contribution in [-0.2, 0) is 10.2 Å². The van der Waals surface area contributed by atoms with Crippen LogP contribution in [0.15, 0.2) is 12.2 Å². The summed E-state index contributed by atoms with van der Waals surface area (Å²) in [6, 6.07) is 0. The third kappa shape index (κ3) is 3.93. The molecule has 1 aliphatic rings. The topological polar surface area (TPSA) is 49.4 Å². The number of rotatable bonds is 4. The summed E-state index contributed by atoms with van der Waals surface area (Å²) in [5.74, 6) is 0.458. The van der Waals surface area contributed by atoms with Crippen molar-refractivity contribution in [2.45, 2.75) is 26.7 Å². The first kappa shape index (κ1) is 12.7. The Morgan fingerprint density at radius 1 is 1.60 bits per heavy atom. The molecule has 0 bridgehead atoms.